The van der Waals surface area contributed by atoms with Gasteiger partial charge >= 0.3 is 6.09 Å². The zero-order valence-corrected chi connectivity index (χ0v) is 25.9. The van der Waals surface area contributed by atoms with Crippen LogP contribution in [0.1, 0.15) is 30.0 Å². The SMILES string of the molecule is CN1C=C(c2ccc(-c3cn4c(-c5ccccc5)csc4n3)cc2)NO1.COC(=O)NC(C(=O)N1CCCC1)c1ccccc1. The molecular weight excluding hydrogens is 588 g/mol. The van der Waals surface area contributed by atoms with Crippen molar-refractivity contribution in [3.63, 3.8) is 0 Å². The van der Waals surface area contributed by atoms with Gasteiger partial charge in [-0.2, -0.15) is 4.94 Å². The lowest BCUT2D eigenvalue weighted by atomic mass is 10.1. The Kier molecular flexibility index (Phi) is 9.09. The van der Waals surface area contributed by atoms with Crippen molar-refractivity contribution in [1.82, 2.24) is 30.1 Å². The second kappa shape index (κ2) is 13.7. The van der Waals surface area contributed by atoms with Crippen LogP contribution < -0.4 is 10.8 Å². The molecule has 10 nitrogen and oxygen atoms in total. The molecule has 230 valence electrons. The zero-order valence-electron chi connectivity index (χ0n) is 25.1. The van der Waals surface area contributed by atoms with Gasteiger partial charge in [0.15, 0.2) is 4.96 Å². The van der Waals surface area contributed by atoms with E-state index in [0.717, 1.165) is 59.0 Å². The highest BCUT2D eigenvalue weighted by molar-refractivity contribution is 7.15. The maximum Gasteiger partial charge on any atom is 0.407 e. The fourth-order valence-corrected chi connectivity index (χ4v) is 6.16. The zero-order chi connectivity index (χ0) is 31.2. The molecule has 0 saturated carbocycles. The molecule has 2 aromatic heterocycles. The molecule has 4 heterocycles. The van der Waals surface area contributed by atoms with Gasteiger partial charge in [-0.05, 0) is 24.0 Å². The molecule has 1 atom stereocenters. The predicted octanol–water partition coefficient (Wildman–Crippen LogP) is 6.12. The number of ether oxygens (including phenoxy) is 1. The first-order valence-corrected chi connectivity index (χ1v) is 15.6. The van der Waals surface area contributed by atoms with Gasteiger partial charge < -0.3 is 15.0 Å². The lowest BCUT2D eigenvalue weighted by Crippen LogP contribution is -2.41. The van der Waals surface area contributed by atoms with Crippen molar-refractivity contribution in [1.29, 1.82) is 0 Å². The van der Waals surface area contributed by atoms with Crippen molar-refractivity contribution in [2.45, 2.75) is 18.9 Å². The summed E-state index contributed by atoms with van der Waals surface area (Å²) in [7, 11) is 3.13. The summed E-state index contributed by atoms with van der Waals surface area (Å²) in [5, 5.41) is 6.40. The molecule has 11 heteroatoms. The normalized spacial score (nSPS) is 14.8. The molecule has 1 fully saturated rings. The quantitative estimate of drug-likeness (QED) is 0.236. The second-order valence-corrected chi connectivity index (χ2v) is 11.5. The van der Waals surface area contributed by atoms with Crippen molar-refractivity contribution >= 4 is 34.0 Å². The molecule has 1 unspecified atom stereocenters. The molecule has 2 aliphatic rings. The number of nitrogens with zero attached hydrogens (tertiary/aromatic N) is 4. The van der Waals surface area contributed by atoms with Crippen LogP contribution in [0.3, 0.4) is 0 Å². The number of nitrogens with one attached hydrogen (secondary N) is 2. The number of hydrogen-bond donors (Lipinski definition) is 2. The molecule has 0 spiro atoms. The summed E-state index contributed by atoms with van der Waals surface area (Å²) >= 11 is 1.66. The van der Waals surface area contributed by atoms with E-state index in [0.29, 0.717) is 0 Å². The van der Waals surface area contributed by atoms with E-state index in [9.17, 15) is 9.59 Å². The number of methoxy groups -OCH3 is 1. The molecule has 2 N–H and O–H groups in total. The van der Waals surface area contributed by atoms with Crippen LogP contribution in [0.2, 0.25) is 0 Å². The van der Waals surface area contributed by atoms with E-state index in [1.54, 1.807) is 21.3 Å². The second-order valence-electron chi connectivity index (χ2n) is 10.6. The highest BCUT2D eigenvalue weighted by Gasteiger charge is 2.29. The van der Waals surface area contributed by atoms with Crippen molar-refractivity contribution in [3.05, 3.63) is 114 Å². The van der Waals surface area contributed by atoms with Gasteiger partial charge in [0, 0.05) is 42.8 Å². The Hall–Kier alpha value is -5.13. The van der Waals surface area contributed by atoms with Gasteiger partial charge in [0.25, 0.3) is 0 Å². The highest BCUT2D eigenvalue weighted by atomic mass is 32.1. The van der Waals surface area contributed by atoms with Crippen LogP contribution in [0.15, 0.2) is 103 Å². The molecule has 5 aromatic rings. The first-order valence-electron chi connectivity index (χ1n) is 14.7. The smallest absolute Gasteiger partial charge is 0.407 e. The van der Waals surface area contributed by atoms with Gasteiger partial charge in [-0.15, -0.1) is 11.3 Å². The Morgan fingerprint density at radius 3 is 2.24 bits per heavy atom. The number of carbonyl (C=O) groups excluding carboxylic acids is 2. The van der Waals surface area contributed by atoms with Crippen molar-refractivity contribution < 1.29 is 19.3 Å². The fourth-order valence-electron chi connectivity index (χ4n) is 5.28. The number of rotatable bonds is 6. The highest BCUT2D eigenvalue weighted by Crippen LogP contribution is 2.30. The third-order valence-electron chi connectivity index (χ3n) is 7.63. The van der Waals surface area contributed by atoms with E-state index < -0.39 is 12.1 Å². The average molecular weight is 623 g/mol. The Morgan fingerprint density at radius 2 is 1.60 bits per heavy atom. The van der Waals surface area contributed by atoms with Crippen LogP contribution in [-0.4, -0.2) is 58.6 Å². The van der Waals surface area contributed by atoms with Gasteiger partial charge in [0.1, 0.15) is 6.04 Å². The minimum Gasteiger partial charge on any atom is -0.453 e. The summed E-state index contributed by atoms with van der Waals surface area (Å²) < 4.78 is 6.75. The maximum absolute atomic E-state index is 12.5. The van der Waals surface area contributed by atoms with E-state index in [1.165, 1.54) is 18.4 Å². The van der Waals surface area contributed by atoms with Crippen LogP contribution in [0.4, 0.5) is 4.79 Å². The van der Waals surface area contributed by atoms with E-state index in [4.69, 9.17) is 9.92 Å². The Morgan fingerprint density at radius 1 is 0.933 bits per heavy atom. The molecule has 7 rings (SSSR count). The molecule has 0 bridgehead atoms. The number of fused-ring (bicyclic) bond motifs is 1. The fraction of sp³-hybridized carbons (Fsp3) is 0.206. The van der Waals surface area contributed by atoms with E-state index in [-0.39, 0.29) is 5.91 Å². The van der Waals surface area contributed by atoms with Gasteiger partial charge in [0.05, 0.1) is 30.4 Å². The molecule has 2 amide bonds. The summed E-state index contributed by atoms with van der Waals surface area (Å²) in [6, 6.07) is 27.3. The van der Waals surface area contributed by atoms with Crippen molar-refractivity contribution in [3.8, 4) is 22.5 Å². The summed E-state index contributed by atoms with van der Waals surface area (Å²) in [6.45, 7) is 1.51. The third-order valence-corrected chi connectivity index (χ3v) is 8.47. The first kappa shape index (κ1) is 29.9. The number of alkyl carbamates (subject to hydrolysis) is 1. The molecule has 0 radical (unpaired) electrons. The number of amides is 2. The van der Waals surface area contributed by atoms with E-state index in [2.05, 4.69) is 80.0 Å². The number of hydroxylamine groups is 3. The Bertz CT molecular complexity index is 1780. The van der Waals surface area contributed by atoms with Gasteiger partial charge in [-0.3, -0.25) is 9.20 Å². The number of hydrogen-bond acceptors (Lipinski definition) is 8. The number of thiazole rings is 1. The molecule has 0 aliphatic carbocycles. The minimum absolute atomic E-state index is 0.0749. The summed E-state index contributed by atoms with van der Waals surface area (Å²) in [4.78, 5) is 36.6. The minimum atomic E-state index is -0.674. The first-order chi connectivity index (χ1) is 22.0. The van der Waals surface area contributed by atoms with Gasteiger partial charge in [-0.25, -0.2) is 20.3 Å². The van der Waals surface area contributed by atoms with Gasteiger partial charge in [0.2, 0.25) is 5.91 Å². The Balaban J connectivity index is 0.000000168. The van der Waals surface area contributed by atoms with Crippen LogP contribution in [0, 0.1) is 0 Å². The molecule has 45 heavy (non-hydrogen) atoms. The number of likely N-dealkylation sites (tertiary alicyclic amines) is 1. The van der Waals surface area contributed by atoms with Crippen LogP contribution in [0.5, 0.6) is 0 Å². The molecule has 2 aliphatic heterocycles. The number of imidazole rings is 1. The third kappa shape index (κ3) is 6.84. The molecular formula is C34H34N6O4S. The summed E-state index contributed by atoms with van der Waals surface area (Å²) in [5.41, 5.74) is 10.1. The van der Waals surface area contributed by atoms with Crippen molar-refractivity contribution in [2.24, 2.45) is 0 Å². The van der Waals surface area contributed by atoms with Crippen LogP contribution in [-0.2, 0) is 14.5 Å². The summed E-state index contributed by atoms with van der Waals surface area (Å²) in [6.07, 6.45) is 5.46. The standard InChI is InChI=1S/C20H16N4OS.C14H18N2O3/c1-23-11-18(22-25-23)15-9-7-14(8-10-15)17-12-24-19(13-26-20(24)21-17)16-5-3-2-4-6-16;1-19-14(18)15-12(11-7-3-2-4-8-11)13(17)16-9-5-6-10-16/h2-13,22H,1H3;2-4,7-8,12H,5-6,9-10H2,1H3,(H,15,18). The maximum atomic E-state index is 12.5. The average Bonchev–Trinajstić information content (AvgIpc) is 3.90. The monoisotopic (exact) mass is 622 g/mol. The van der Waals surface area contributed by atoms with Crippen LogP contribution in [0.25, 0.3) is 33.2 Å². The lowest BCUT2D eigenvalue weighted by molar-refractivity contribution is -0.132. The largest absolute Gasteiger partial charge is 0.453 e. The number of carbonyl (C=O) groups is 2. The predicted molar refractivity (Wildman–Crippen MR) is 174 cm³/mol. The topological polar surface area (TPSA) is 100 Å². The van der Waals surface area contributed by atoms with Crippen molar-refractivity contribution in [2.75, 3.05) is 27.2 Å². The summed E-state index contributed by atoms with van der Waals surface area (Å²) in [5.74, 6) is -0.0749. The molecule has 1 saturated heterocycles. The van der Waals surface area contributed by atoms with E-state index >= 15 is 0 Å². The number of aromatic nitrogens is 2. The lowest BCUT2D eigenvalue weighted by Gasteiger charge is -2.23. The Labute approximate surface area is 265 Å². The molecule has 3 aromatic carbocycles. The van der Waals surface area contributed by atoms with E-state index in [1.807, 2.05) is 49.6 Å². The van der Waals surface area contributed by atoms with Crippen LogP contribution >= 0.6 is 11.3 Å². The number of benzene rings is 3. The van der Waals surface area contributed by atoms with Gasteiger partial charge in [-0.1, -0.05) is 84.9 Å².